The second-order valence-electron chi connectivity index (χ2n) is 5.46. The number of nitrogens with one attached hydrogen (secondary N) is 2. The van der Waals surface area contributed by atoms with E-state index in [0.717, 1.165) is 25.0 Å². The number of rotatable bonds is 6. The zero-order valence-electron chi connectivity index (χ0n) is 12.4. The molecule has 1 saturated carbocycles. The lowest BCUT2D eigenvalue weighted by Gasteiger charge is -2.10. The van der Waals surface area contributed by atoms with Gasteiger partial charge in [0.2, 0.25) is 10.0 Å². The van der Waals surface area contributed by atoms with E-state index in [-0.39, 0.29) is 16.6 Å². The summed E-state index contributed by atoms with van der Waals surface area (Å²) < 4.78 is 66.8. The van der Waals surface area contributed by atoms with Gasteiger partial charge in [0.1, 0.15) is 10.7 Å². The van der Waals surface area contributed by atoms with Gasteiger partial charge in [-0.15, -0.1) is 0 Å². The zero-order valence-corrected chi connectivity index (χ0v) is 14.1. The number of halogens is 1. The fourth-order valence-corrected chi connectivity index (χ4v) is 4.51. The summed E-state index contributed by atoms with van der Waals surface area (Å²) in [4.78, 5) is -0.430. The van der Waals surface area contributed by atoms with E-state index in [1.165, 1.54) is 36.4 Å². The fourth-order valence-electron chi connectivity index (χ4n) is 2.06. The summed E-state index contributed by atoms with van der Waals surface area (Å²) in [5, 5.41) is 0. The second-order valence-corrected chi connectivity index (χ2v) is 8.82. The number of anilines is 1. The molecule has 0 aliphatic heterocycles. The van der Waals surface area contributed by atoms with Gasteiger partial charge in [0.15, 0.2) is 0 Å². The van der Waals surface area contributed by atoms with Gasteiger partial charge in [0.25, 0.3) is 10.0 Å². The van der Waals surface area contributed by atoms with E-state index in [4.69, 9.17) is 0 Å². The summed E-state index contributed by atoms with van der Waals surface area (Å²) in [6, 6.07) is 10.2. The molecule has 0 bridgehead atoms. The maximum atomic E-state index is 13.6. The van der Waals surface area contributed by atoms with Gasteiger partial charge in [-0.25, -0.2) is 25.9 Å². The van der Waals surface area contributed by atoms with Crippen molar-refractivity contribution in [2.24, 2.45) is 0 Å². The van der Waals surface area contributed by atoms with E-state index in [1.54, 1.807) is 0 Å². The Labute approximate surface area is 139 Å². The third kappa shape index (κ3) is 3.74. The Morgan fingerprint density at radius 2 is 1.50 bits per heavy atom. The molecule has 0 heterocycles. The van der Waals surface area contributed by atoms with Gasteiger partial charge in [0.05, 0.1) is 4.90 Å². The molecular weight excluding hydrogens is 355 g/mol. The maximum Gasteiger partial charge on any atom is 0.264 e. The quantitative estimate of drug-likeness (QED) is 0.814. The van der Waals surface area contributed by atoms with Crippen LogP contribution in [0.2, 0.25) is 0 Å². The van der Waals surface area contributed by atoms with Crippen LogP contribution in [0.5, 0.6) is 0 Å². The number of benzene rings is 2. The lowest BCUT2D eigenvalue weighted by atomic mass is 10.3. The predicted octanol–water partition coefficient (Wildman–Crippen LogP) is 2.07. The lowest BCUT2D eigenvalue weighted by Crippen LogP contribution is -2.25. The molecule has 0 unspecified atom stereocenters. The number of hydrogen-bond acceptors (Lipinski definition) is 4. The standard InChI is InChI=1S/C15H15FN2O4S2/c16-14-3-1-2-4-15(14)24(21,22)18-12-7-9-13(10-8-12)23(19,20)17-11-5-6-11/h1-4,7-11,17-18H,5-6H2. The van der Waals surface area contributed by atoms with Crippen LogP contribution in [-0.4, -0.2) is 22.9 Å². The van der Waals surface area contributed by atoms with Gasteiger partial charge in [-0.3, -0.25) is 4.72 Å². The molecule has 0 saturated heterocycles. The molecule has 0 atom stereocenters. The first kappa shape index (κ1) is 16.9. The molecule has 0 spiro atoms. The van der Waals surface area contributed by atoms with E-state index in [1.807, 2.05) is 0 Å². The lowest BCUT2D eigenvalue weighted by molar-refractivity contribution is 0.570. The van der Waals surface area contributed by atoms with Crippen LogP contribution in [0.25, 0.3) is 0 Å². The highest BCUT2D eigenvalue weighted by atomic mass is 32.2. The van der Waals surface area contributed by atoms with Crippen molar-refractivity contribution in [3.8, 4) is 0 Å². The number of sulfonamides is 2. The van der Waals surface area contributed by atoms with E-state index in [2.05, 4.69) is 9.44 Å². The summed E-state index contributed by atoms with van der Waals surface area (Å²) in [6.45, 7) is 0. The van der Waals surface area contributed by atoms with Crippen molar-refractivity contribution in [3.63, 3.8) is 0 Å². The van der Waals surface area contributed by atoms with Gasteiger partial charge in [-0.05, 0) is 49.2 Å². The van der Waals surface area contributed by atoms with Crippen molar-refractivity contribution < 1.29 is 21.2 Å². The Hall–Kier alpha value is -1.97. The summed E-state index contributed by atoms with van der Waals surface area (Å²) in [7, 11) is -7.69. The third-order valence-corrected chi connectivity index (χ3v) is 6.39. The smallest absolute Gasteiger partial charge is 0.264 e. The van der Waals surface area contributed by atoms with Gasteiger partial charge in [0, 0.05) is 11.7 Å². The Kier molecular flexibility index (Phi) is 4.33. The van der Waals surface area contributed by atoms with Gasteiger partial charge < -0.3 is 0 Å². The molecule has 9 heteroatoms. The normalized spacial score (nSPS) is 15.2. The summed E-state index contributed by atoms with van der Waals surface area (Å²) in [5.41, 5.74) is 0.142. The van der Waals surface area contributed by atoms with Crippen LogP contribution in [0.15, 0.2) is 58.3 Å². The van der Waals surface area contributed by atoms with Crippen LogP contribution in [0.4, 0.5) is 10.1 Å². The molecular formula is C15H15FN2O4S2. The fraction of sp³-hybridized carbons (Fsp3) is 0.200. The first-order valence-corrected chi connectivity index (χ1v) is 10.1. The molecule has 128 valence electrons. The Morgan fingerprint density at radius 3 is 2.08 bits per heavy atom. The Balaban J connectivity index is 1.80. The zero-order chi connectivity index (χ0) is 17.4. The average molecular weight is 370 g/mol. The largest absolute Gasteiger partial charge is 0.280 e. The minimum Gasteiger partial charge on any atom is -0.280 e. The third-order valence-electron chi connectivity index (χ3n) is 3.44. The monoisotopic (exact) mass is 370 g/mol. The Bertz CT molecular complexity index is 953. The topological polar surface area (TPSA) is 92.3 Å². The molecule has 2 N–H and O–H groups in total. The molecule has 1 aliphatic rings. The highest BCUT2D eigenvalue weighted by Crippen LogP contribution is 2.24. The highest BCUT2D eigenvalue weighted by molar-refractivity contribution is 7.92. The van der Waals surface area contributed by atoms with E-state index < -0.39 is 30.8 Å². The minimum absolute atomic E-state index is 0.0192. The van der Waals surface area contributed by atoms with E-state index in [0.29, 0.717) is 0 Å². The molecule has 24 heavy (non-hydrogen) atoms. The molecule has 2 aromatic rings. The molecule has 1 aliphatic carbocycles. The molecule has 1 fully saturated rings. The first-order valence-electron chi connectivity index (χ1n) is 7.18. The van der Waals surface area contributed by atoms with Crippen LogP contribution in [-0.2, 0) is 20.0 Å². The van der Waals surface area contributed by atoms with Crippen molar-refractivity contribution in [2.45, 2.75) is 28.7 Å². The maximum absolute atomic E-state index is 13.6. The van der Waals surface area contributed by atoms with E-state index in [9.17, 15) is 21.2 Å². The van der Waals surface area contributed by atoms with Crippen molar-refractivity contribution in [3.05, 3.63) is 54.3 Å². The molecule has 3 rings (SSSR count). The van der Waals surface area contributed by atoms with Crippen LogP contribution >= 0.6 is 0 Å². The molecule has 6 nitrogen and oxygen atoms in total. The van der Waals surface area contributed by atoms with Gasteiger partial charge >= 0.3 is 0 Å². The average Bonchev–Trinajstić information content (AvgIpc) is 3.31. The molecule has 0 amide bonds. The second kappa shape index (κ2) is 6.15. The highest BCUT2D eigenvalue weighted by Gasteiger charge is 2.28. The SMILES string of the molecule is O=S(=O)(NC1CC1)c1ccc(NS(=O)(=O)c2ccccc2F)cc1. The summed E-state index contributed by atoms with van der Waals surface area (Å²) in [6.07, 6.45) is 1.64. The summed E-state index contributed by atoms with van der Waals surface area (Å²) >= 11 is 0. The van der Waals surface area contributed by atoms with Crippen molar-refractivity contribution >= 4 is 25.7 Å². The minimum atomic E-state index is -4.09. The van der Waals surface area contributed by atoms with Crippen LogP contribution in [0.3, 0.4) is 0 Å². The van der Waals surface area contributed by atoms with Crippen LogP contribution in [0.1, 0.15) is 12.8 Å². The predicted molar refractivity (Wildman–Crippen MR) is 87.0 cm³/mol. The van der Waals surface area contributed by atoms with Gasteiger partial charge in [-0.2, -0.15) is 0 Å². The molecule has 0 radical (unpaired) electrons. The number of hydrogen-bond donors (Lipinski definition) is 2. The summed E-state index contributed by atoms with van der Waals surface area (Å²) in [5.74, 6) is -0.863. The Morgan fingerprint density at radius 1 is 0.875 bits per heavy atom. The van der Waals surface area contributed by atoms with Crippen molar-refractivity contribution in [1.82, 2.24) is 4.72 Å². The van der Waals surface area contributed by atoms with Crippen molar-refractivity contribution in [1.29, 1.82) is 0 Å². The molecule has 0 aromatic heterocycles. The van der Waals surface area contributed by atoms with Crippen molar-refractivity contribution in [2.75, 3.05) is 4.72 Å². The molecule has 2 aromatic carbocycles. The van der Waals surface area contributed by atoms with Gasteiger partial charge in [-0.1, -0.05) is 12.1 Å². The van der Waals surface area contributed by atoms with Crippen LogP contribution in [0, 0.1) is 5.82 Å². The van der Waals surface area contributed by atoms with Crippen LogP contribution < -0.4 is 9.44 Å². The van der Waals surface area contributed by atoms with E-state index >= 15 is 0 Å². The first-order chi connectivity index (χ1) is 11.3.